The number of rotatable bonds is 3. The number of para-hydroxylation sites is 2. The molecule has 2 amide bonds. The molecular formula is C22H23N7O. The van der Waals surface area contributed by atoms with Gasteiger partial charge in [0.05, 0.1) is 11.0 Å². The third-order valence-corrected chi connectivity index (χ3v) is 5.47. The predicted molar refractivity (Wildman–Crippen MR) is 115 cm³/mol. The molecule has 1 aliphatic rings. The minimum atomic E-state index is -0.0980. The number of carbonyl (C=O) groups excluding carboxylic acids is 1. The first-order valence-electron chi connectivity index (χ1n) is 10.2. The van der Waals surface area contributed by atoms with E-state index < -0.39 is 0 Å². The number of piperidine rings is 1. The second kappa shape index (κ2) is 7.62. The van der Waals surface area contributed by atoms with Crippen molar-refractivity contribution >= 4 is 22.8 Å². The molecule has 3 heterocycles. The van der Waals surface area contributed by atoms with Crippen LogP contribution in [0.25, 0.3) is 22.4 Å². The first-order valence-corrected chi connectivity index (χ1v) is 10.2. The van der Waals surface area contributed by atoms with E-state index in [1.165, 1.54) is 0 Å². The highest BCUT2D eigenvalue weighted by Crippen LogP contribution is 2.27. The van der Waals surface area contributed by atoms with Gasteiger partial charge in [0.1, 0.15) is 11.6 Å². The van der Waals surface area contributed by atoms with Crippen molar-refractivity contribution in [1.82, 2.24) is 30.0 Å². The number of H-pyrrole nitrogens is 2. The van der Waals surface area contributed by atoms with Crippen molar-refractivity contribution in [3.8, 4) is 11.4 Å². The van der Waals surface area contributed by atoms with Gasteiger partial charge in [0.2, 0.25) is 0 Å². The lowest BCUT2D eigenvalue weighted by atomic mass is 9.97. The van der Waals surface area contributed by atoms with Gasteiger partial charge in [-0.05, 0) is 44.0 Å². The van der Waals surface area contributed by atoms with Crippen molar-refractivity contribution in [2.75, 3.05) is 18.4 Å². The molecule has 4 aromatic rings. The normalized spacial score (nSPS) is 16.7. The first-order chi connectivity index (χ1) is 14.7. The van der Waals surface area contributed by atoms with Crippen molar-refractivity contribution in [3.63, 3.8) is 0 Å². The number of hydrogen-bond acceptors (Lipinski definition) is 4. The molecule has 1 fully saturated rings. The summed E-state index contributed by atoms with van der Waals surface area (Å²) in [6.07, 6.45) is 1.97. The maximum atomic E-state index is 12.9. The summed E-state index contributed by atoms with van der Waals surface area (Å²) in [6, 6.07) is 15.5. The average Bonchev–Trinajstić information content (AvgIpc) is 3.40. The Hall–Kier alpha value is -3.68. The van der Waals surface area contributed by atoms with Crippen LogP contribution in [-0.2, 0) is 0 Å². The van der Waals surface area contributed by atoms with Crippen LogP contribution in [-0.4, -0.2) is 49.2 Å². The lowest BCUT2D eigenvalue weighted by Crippen LogP contribution is -2.41. The number of likely N-dealkylation sites (tertiary alicyclic amines) is 1. The number of anilines is 1. The fourth-order valence-corrected chi connectivity index (χ4v) is 3.96. The molecule has 8 heteroatoms. The quantitative estimate of drug-likeness (QED) is 0.481. The Kier molecular flexibility index (Phi) is 4.66. The number of urea groups is 1. The molecule has 1 atom stereocenters. The van der Waals surface area contributed by atoms with Crippen LogP contribution in [0.5, 0.6) is 0 Å². The Bertz CT molecular complexity index is 1160. The topological polar surface area (TPSA) is 103 Å². The second-order valence-electron chi connectivity index (χ2n) is 7.68. The fourth-order valence-electron chi connectivity index (χ4n) is 3.96. The van der Waals surface area contributed by atoms with Gasteiger partial charge in [0, 0.05) is 30.3 Å². The third-order valence-electron chi connectivity index (χ3n) is 5.47. The summed E-state index contributed by atoms with van der Waals surface area (Å²) < 4.78 is 0. The molecule has 30 heavy (non-hydrogen) atoms. The van der Waals surface area contributed by atoms with E-state index in [2.05, 4.69) is 25.5 Å². The first kappa shape index (κ1) is 18.4. The highest BCUT2D eigenvalue weighted by atomic mass is 16.2. The van der Waals surface area contributed by atoms with E-state index in [1.54, 1.807) is 0 Å². The number of benzene rings is 2. The van der Waals surface area contributed by atoms with Crippen LogP contribution in [0.15, 0.2) is 48.5 Å². The fraction of sp³-hybridized carbons (Fsp3) is 0.273. The zero-order chi connectivity index (χ0) is 20.5. The summed E-state index contributed by atoms with van der Waals surface area (Å²) in [6.45, 7) is 3.24. The highest BCUT2D eigenvalue weighted by Gasteiger charge is 2.27. The van der Waals surface area contributed by atoms with Gasteiger partial charge in [-0.25, -0.2) is 14.8 Å². The van der Waals surface area contributed by atoms with Gasteiger partial charge < -0.3 is 15.2 Å². The summed E-state index contributed by atoms with van der Waals surface area (Å²) in [5.41, 5.74) is 3.59. The number of amides is 2. The highest BCUT2D eigenvalue weighted by molar-refractivity contribution is 5.90. The van der Waals surface area contributed by atoms with Crippen molar-refractivity contribution < 1.29 is 4.79 Å². The van der Waals surface area contributed by atoms with E-state index in [0.29, 0.717) is 12.4 Å². The molecule has 0 saturated carbocycles. The van der Waals surface area contributed by atoms with Crippen LogP contribution < -0.4 is 5.32 Å². The van der Waals surface area contributed by atoms with Gasteiger partial charge in [-0.2, -0.15) is 5.10 Å². The largest absolute Gasteiger partial charge is 0.342 e. The van der Waals surface area contributed by atoms with Crippen LogP contribution in [0.2, 0.25) is 0 Å². The maximum absolute atomic E-state index is 12.9. The van der Waals surface area contributed by atoms with Gasteiger partial charge in [0.25, 0.3) is 0 Å². The SMILES string of the molecule is Cc1nc(-c2cccc(NC(=O)N3CCCC(c4nc5ccccc5[nH]4)C3)c2)n[nH]1. The maximum Gasteiger partial charge on any atom is 0.321 e. The number of hydrogen-bond donors (Lipinski definition) is 3. The van der Waals surface area contributed by atoms with Crippen LogP contribution in [0.3, 0.4) is 0 Å². The number of nitrogens with zero attached hydrogens (tertiary/aromatic N) is 4. The van der Waals surface area contributed by atoms with Gasteiger partial charge >= 0.3 is 6.03 Å². The molecule has 1 saturated heterocycles. The van der Waals surface area contributed by atoms with Gasteiger partial charge in [-0.3, -0.25) is 5.10 Å². The zero-order valence-electron chi connectivity index (χ0n) is 16.7. The summed E-state index contributed by atoms with van der Waals surface area (Å²) in [5.74, 6) is 2.53. The number of imidazole rings is 1. The number of nitrogens with one attached hydrogen (secondary N) is 3. The molecule has 5 rings (SSSR count). The summed E-state index contributed by atoms with van der Waals surface area (Å²) in [7, 11) is 0. The molecule has 8 nitrogen and oxygen atoms in total. The van der Waals surface area contributed by atoms with Crippen LogP contribution in [0.4, 0.5) is 10.5 Å². The number of aryl methyl sites for hydroxylation is 1. The monoisotopic (exact) mass is 401 g/mol. The van der Waals surface area contributed by atoms with Gasteiger partial charge in [-0.15, -0.1) is 0 Å². The van der Waals surface area contributed by atoms with E-state index in [-0.39, 0.29) is 11.9 Å². The third kappa shape index (κ3) is 3.63. The average molecular weight is 401 g/mol. The Morgan fingerprint density at radius 1 is 1.17 bits per heavy atom. The van der Waals surface area contributed by atoms with Crippen LogP contribution in [0.1, 0.15) is 30.4 Å². The van der Waals surface area contributed by atoms with E-state index >= 15 is 0 Å². The molecule has 0 spiro atoms. The van der Waals surface area contributed by atoms with Crippen molar-refractivity contribution in [2.45, 2.75) is 25.7 Å². The molecule has 0 radical (unpaired) electrons. The molecule has 0 aliphatic carbocycles. The standard InChI is InChI=1S/C22H23N7O/c1-14-23-21(28-27-14)15-6-4-8-17(12-15)24-22(30)29-11-5-7-16(13-29)20-25-18-9-2-3-10-19(18)26-20/h2-4,6,8-10,12,16H,5,7,11,13H2,1H3,(H,24,30)(H,25,26)(H,23,27,28). The van der Waals surface area contributed by atoms with E-state index in [9.17, 15) is 4.79 Å². The van der Waals surface area contributed by atoms with Crippen molar-refractivity contribution in [3.05, 3.63) is 60.2 Å². The lowest BCUT2D eigenvalue weighted by Gasteiger charge is -2.31. The van der Waals surface area contributed by atoms with E-state index in [0.717, 1.165) is 53.3 Å². The van der Waals surface area contributed by atoms with Crippen molar-refractivity contribution in [1.29, 1.82) is 0 Å². The number of aromatic nitrogens is 5. The molecular weight excluding hydrogens is 378 g/mol. The summed E-state index contributed by atoms with van der Waals surface area (Å²) in [5, 5.41) is 10.0. The number of fused-ring (bicyclic) bond motifs is 1. The minimum absolute atomic E-state index is 0.0980. The lowest BCUT2D eigenvalue weighted by molar-refractivity contribution is 0.191. The summed E-state index contributed by atoms with van der Waals surface area (Å²) >= 11 is 0. The smallest absolute Gasteiger partial charge is 0.321 e. The Labute approximate surface area is 173 Å². The predicted octanol–water partition coefficient (Wildman–Crippen LogP) is 4.07. The zero-order valence-corrected chi connectivity index (χ0v) is 16.7. The van der Waals surface area contributed by atoms with Crippen LogP contribution in [0, 0.1) is 6.92 Å². The number of carbonyl (C=O) groups is 1. The second-order valence-corrected chi connectivity index (χ2v) is 7.68. The summed E-state index contributed by atoms with van der Waals surface area (Å²) in [4.78, 5) is 27.3. The molecule has 1 unspecified atom stereocenters. The Morgan fingerprint density at radius 2 is 2.07 bits per heavy atom. The molecule has 2 aromatic heterocycles. The molecule has 1 aliphatic heterocycles. The van der Waals surface area contributed by atoms with Crippen LogP contribution >= 0.6 is 0 Å². The Morgan fingerprint density at radius 3 is 2.90 bits per heavy atom. The Balaban J connectivity index is 1.29. The molecule has 152 valence electrons. The van der Waals surface area contributed by atoms with E-state index in [1.807, 2.05) is 60.4 Å². The number of aromatic amines is 2. The van der Waals surface area contributed by atoms with Crippen molar-refractivity contribution in [2.24, 2.45) is 0 Å². The minimum Gasteiger partial charge on any atom is -0.342 e. The molecule has 3 N–H and O–H groups in total. The van der Waals surface area contributed by atoms with E-state index in [4.69, 9.17) is 4.98 Å². The molecule has 2 aromatic carbocycles. The van der Waals surface area contributed by atoms with Gasteiger partial charge in [0.15, 0.2) is 5.82 Å². The molecule has 0 bridgehead atoms. The van der Waals surface area contributed by atoms with Gasteiger partial charge in [-0.1, -0.05) is 24.3 Å².